The van der Waals surface area contributed by atoms with Crippen molar-refractivity contribution in [2.75, 3.05) is 11.8 Å². The molecule has 1 aromatic heterocycles. The first-order chi connectivity index (χ1) is 24.1. The number of ether oxygens (including phenoxy) is 1. The Labute approximate surface area is 297 Å². The molecule has 0 fully saturated rings. The highest BCUT2D eigenvalue weighted by molar-refractivity contribution is 7.92. The molecule has 1 atom stereocenters. The van der Waals surface area contributed by atoms with E-state index in [1.807, 2.05) is 4.72 Å². The number of rotatable bonds is 11. The SMILES string of the molecule is COc1cc(C(=O)NC(C)(C)C)ccc1S(=O)(=O)Nc1cc(F)c(C(=O)N[C@@H](Cc2ccc(-n3c(=O)c(C)c(C)n(C)c3=O)cc2)C(=O)O)cc1F. The number of methoxy groups -OCH3 is 1. The molecule has 0 spiro atoms. The van der Waals surface area contributed by atoms with E-state index in [-0.39, 0.29) is 23.4 Å². The summed E-state index contributed by atoms with van der Waals surface area (Å²) in [6, 6.07) is 8.39. The van der Waals surface area contributed by atoms with Gasteiger partial charge in [-0.05, 0) is 76.6 Å². The number of carboxylic acids is 1. The number of anilines is 1. The number of carboxylic acid groups (broad SMARTS) is 1. The van der Waals surface area contributed by atoms with Crippen LogP contribution in [0.25, 0.3) is 5.69 Å². The van der Waals surface area contributed by atoms with Gasteiger partial charge < -0.3 is 25.0 Å². The standard InChI is InChI=1S/C35H37F2N5O9S/c1-18-19(2)41(6)34(48)42(32(18)45)22-11-8-20(9-12-22)14-27(33(46)47)38-31(44)23-16-25(37)26(17-24(23)36)40-52(49,50)29-13-10-21(15-28(29)51-7)30(43)39-35(3,4)5/h8-13,15-17,27,40H,14H2,1-7H3,(H,38,44)(H,39,43)(H,46,47)/t27-/m0/s1. The van der Waals surface area contributed by atoms with Gasteiger partial charge in [0.25, 0.3) is 27.4 Å². The zero-order valence-electron chi connectivity index (χ0n) is 29.3. The van der Waals surface area contributed by atoms with E-state index in [0.717, 1.165) is 17.7 Å². The Morgan fingerprint density at radius 3 is 2.15 bits per heavy atom. The molecule has 0 aliphatic rings. The van der Waals surface area contributed by atoms with E-state index >= 15 is 8.78 Å². The quantitative estimate of drug-likeness (QED) is 0.179. The Kier molecular flexibility index (Phi) is 11.1. The maximum atomic E-state index is 15.2. The first-order valence-corrected chi connectivity index (χ1v) is 17.1. The van der Waals surface area contributed by atoms with Crippen molar-refractivity contribution in [3.63, 3.8) is 0 Å². The largest absolute Gasteiger partial charge is 0.495 e. The average molecular weight is 742 g/mol. The van der Waals surface area contributed by atoms with Crippen molar-refractivity contribution in [2.45, 2.75) is 57.5 Å². The summed E-state index contributed by atoms with van der Waals surface area (Å²) in [5.74, 6) is -6.29. The molecule has 4 rings (SSSR count). The number of hydrogen-bond donors (Lipinski definition) is 4. The molecule has 4 N–H and O–H groups in total. The van der Waals surface area contributed by atoms with E-state index < -0.39 is 78.4 Å². The lowest BCUT2D eigenvalue weighted by molar-refractivity contribution is -0.139. The number of halogens is 2. The minimum Gasteiger partial charge on any atom is -0.495 e. The highest BCUT2D eigenvalue weighted by atomic mass is 32.2. The Balaban J connectivity index is 1.53. The second-order valence-electron chi connectivity index (χ2n) is 12.9. The first kappa shape index (κ1) is 39.0. The minimum atomic E-state index is -4.63. The van der Waals surface area contributed by atoms with Crippen molar-refractivity contribution in [3.05, 3.63) is 115 Å². The summed E-state index contributed by atoms with van der Waals surface area (Å²) in [5, 5.41) is 14.6. The Hall–Kier alpha value is -5.84. The molecule has 17 heteroatoms. The van der Waals surface area contributed by atoms with E-state index in [2.05, 4.69) is 10.6 Å². The summed E-state index contributed by atoms with van der Waals surface area (Å²) >= 11 is 0. The molecule has 4 aromatic rings. The Morgan fingerprint density at radius 1 is 0.942 bits per heavy atom. The van der Waals surface area contributed by atoms with Crippen LogP contribution in [-0.4, -0.2) is 59.1 Å². The molecule has 0 unspecified atom stereocenters. The fourth-order valence-corrected chi connectivity index (χ4v) is 6.29. The third-order valence-corrected chi connectivity index (χ3v) is 9.44. The molecule has 3 aromatic carbocycles. The van der Waals surface area contributed by atoms with Gasteiger partial charge in [0.2, 0.25) is 0 Å². The summed E-state index contributed by atoms with van der Waals surface area (Å²) in [5.41, 5.74) is -1.93. The predicted octanol–water partition coefficient (Wildman–Crippen LogP) is 3.19. The summed E-state index contributed by atoms with van der Waals surface area (Å²) in [4.78, 5) is 62.6. The van der Waals surface area contributed by atoms with Gasteiger partial charge in [-0.25, -0.2) is 31.4 Å². The lowest BCUT2D eigenvalue weighted by atomic mass is 10.0. The highest BCUT2D eigenvalue weighted by Crippen LogP contribution is 2.29. The smallest absolute Gasteiger partial charge is 0.335 e. The van der Waals surface area contributed by atoms with Crippen molar-refractivity contribution in [1.82, 2.24) is 19.8 Å². The average Bonchev–Trinajstić information content (AvgIpc) is 3.07. The Bertz CT molecular complexity index is 2280. The van der Waals surface area contributed by atoms with Gasteiger partial charge in [0, 0.05) is 41.9 Å². The normalized spacial score (nSPS) is 12.2. The first-order valence-electron chi connectivity index (χ1n) is 15.6. The molecule has 2 amide bonds. The number of carbonyl (C=O) groups excluding carboxylic acids is 2. The van der Waals surface area contributed by atoms with Crippen molar-refractivity contribution >= 4 is 33.5 Å². The molecule has 14 nitrogen and oxygen atoms in total. The molecule has 0 saturated carbocycles. The van der Waals surface area contributed by atoms with Crippen LogP contribution >= 0.6 is 0 Å². The number of nitrogens with zero attached hydrogens (tertiary/aromatic N) is 2. The van der Waals surface area contributed by atoms with E-state index in [1.54, 1.807) is 34.6 Å². The van der Waals surface area contributed by atoms with E-state index in [4.69, 9.17) is 4.74 Å². The van der Waals surface area contributed by atoms with Gasteiger partial charge in [-0.1, -0.05) is 12.1 Å². The number of amides is 2. The van der Waals surface area contributed by atoms with Crippen molar-refractivity contribution in [1.29, 1.82) is 0 Å². The molecule has 0 aliphatic carbocycles. The summed E-state index contributed by atoms with van der Waals surface area (Å²) in [7, 11) is -1.96. The van der Waals surface area contributed by atoms with Crippen LogP contribution in [0, 0.1) is 25.5 Å². The number of carbonyl (C=O) groups is 3. The van der Waals surface area contributed by atoms with E-state index in [1.165, 1.54) is 48.0 Å². The maximum Gasteiger partial charge on any atom is 0.335 e. The van der Waals surface area contributed by atoms with Crippen LogP contribution in [0.5, 0.6) is 5.75 Å². The van der Waals surface area contributed by atoms with Crippen LogP contribution in [-0.2, 0) is 28.3 Å². The molecular formula is C35H37F2N5O9S. The topological polar surface area (TPSA) is 195 Å². The molecule has 276 valence electrons. The van der Waals surface area contributed by atoms with Gasteiger partial charge in [-0.3, -0.25) is 19.1 Å². The van der Waals surface area contributed by atoms with Gasteiger partial charge in [0.1, 0.15) is 28.3 Å². The van der Waals surface area contributed by atoms with Gasteiger partial charge in [0.15, 0.2) is 0 Å². The molecule has 0 bridgehead atoms. The second-order valence-corrected chi connectivity index (χ2v) is 14.6. The summed E-state index contributed by atoms with van der Waals surface area (Å²) in [6.45, 7) is 8.48. The van der Waals surface area contributed by atoms with E-state index in [9.17, 15) is 37.5 Å². The monoisotopic (exact) mass is 741 g/mol. The second kappa shape index (κ2) is 14.8. The zero-order chi connectivity index (χ0) is 38.9. The molecule has 1 heterocycles. The highest BCUT2D eigenvalue weighted by Gasteiger charge is 2.27. The van der Waals surface area contributed by atoms with Crippen LogP contribution in [0.15, 0.2) is 69.1 Å². The zero-order valence-corrected chi connectivity index (χ0v) is 30.1. The van der Waals surface area contributed by atoms with E-state index in [0.29, 0.717) is 29.0 Å². The minimum absolute atomic E-state index is 0.0799. The lowest BCUT2D eigenvalue weighted by Crippen LogP contribution is -2.42. The number of hydrogen-bond acceptors (Lipinski definition) is 8. The van der Waals surface area contributed by atoms with Crippen LogP contribution in [0.2, 0.25) is 0 Å². The van der Waals surface area contributed by atoms with Crippen molar-refractivity contribution < 1.29 is 41.4 Å². The third-order valence-electron chi connectivity index (χ3n) is 8.04. The maximum absolute atomic E-state index is 15.2. The van der Waals surface area contributed by atoms with Gasteiger partial charge in [0.05, 0.1) is 24.0 Å². The molecular weight excluding hydrogens is 704 g/mol. The number of sulfonamides is 1. The Morgan fingerprint density at radius 2 is 1.58 bits per heavy atom. The third kappa shape index (κ3) is 8.37. The fourth-order valence-electron chi connectivity index (χ4n) is 5.08. The molecule has 0 radical (unpaired) electrons. The van der Waals surface area contributed by atoms with Crippen molar-refractivity contribution in [2.24, 2.45) is 7.05 Å². The molecule has 0 aliphatic heterocycles. The number of benzene rings is 3. The van der Waals surface area contributed by atoms with Crippen molar-refractivity contribution in [3.8, 4) is 11.4 Å². The van der Waals surface area contributed by atoms with Crippen LogP contribution in [0.1, 0.15) is 58.3 Å². The molecule has 0 saturated heterocycles. The van der Waals surface area contributed by atoms with Crippen LogP contribution in [0.3, 0.4) is 0 Å². The summed E-state index contributed by atoms with van der Waals surface area (Å²) < 4.78 is 66.1. The lowest BCUT2D eigenvalue weighted by Gasteiger charge is -2.21. The number of aromatic nitrogens is 2. The fraction of sp³-hybridized carbons (Fsp3) is 0.286. The number of aliphatic carboxylic acids is 1. The van der Waals surface area contributed by atoms with Crippen LogP contribution in [0.4, 0.5) is 14.5 Å². The van der Waals surface area contributed by atoms with Gasteiger partial charge >= 0.3 is 11.7 Å². The van der Waals surface area contributed by atoms with Gasteiger partial charge in [-0.15, -0.1) is 0 Å². The predicted molar refractivity (Wildman–Crippen MR) is 187 cm³/mol. The van der Waals surface area contributed by atoms with Gasteiger partial charge in [-0.2, -0.15) is 0 Å². The van der Waals surface area contributed by atoms with Crippen LogP contribution < -0.4 is 31.3 Å². The summed E-state index contributed by atoms with van der Waals surface area (Å²) in [6.07, 6.45) is -0.318. The number of nitrogens with one attached hydrogen (secondary N) is 3. The molecule has 52 heavy (non-hydrogen) atoms.